The Morgan fingerprint density at radius 1 is 1.32 bits per heavy atom. The second-order valence-corrected chi connectivity index (χ2v) is 6.87. The fourth-order valence-corrected chi connectivity index (χ4v) is 1.76. The van der Waals surface area contributed by atoms with Crippen LogP contribution in [0.25, 0.3) is 0 Å². The normalized spacial score (nSPS) is 12.5. The van der Waals surface area contributed by atoms with Crippen LogP contribution in [0.1, 0.15) is 15.9 Å². The smallest absolute Gasteiger partial charge is 0.320 e. The molecule has 8 heteroatoms. The van der Waals surface area contributed by atoms with Gasteiger partial charge in [0.2, 0.25) is 0 Å². The number of hydrogen-bond acceptors (Lipinski definition) is 3. The molecule has 0 radical (unpaired) electrons. The van der Waals surface area contributed by atoms with Crippen LogP contribution < -0.4 is 0 Å². The Bertz CT molecular complexity index is 533. The Kier molecular flexibility index (Phi) is 4.53. The van der Waals surface area contributed by atoms with Gasteiger partial charge >= 0.3 is 6.18 Å². The summed E-state index contributed by atoms with van der Waals surface area (Å²) in [6.45, 7) is 1.64. The first-order valence-corrected chi connectivity index (χ1v) is 7.63. The molecule has 1 aromatic rings. The van der Waals surface area contributed by atoms with Crippen LogP contribution in [0.5, 0.6) is 0 Å². The summed E-state index contributed by atoms with van der Waals surface area (Å²) in [6.07, 6.45) is -4.99. The van der Waals surface area contributed by atoms with Crippen molar-refractivity contribution in [2.45, 2.75) is 6.18 Å². The van der Waals surface area contributed by atoms with E-state index in [0.29, 0.717) is 6.07 Å². The molecule has 0 N–H and O–H groups in total. The summed E-state index contributed by atoms with van der Waals surface area (Å²) < 4.78 is 67.1. The molecule has 0 amide bonds. The molecule has 0 saturated carbocycles. The summed E-state index contributed by atoms with van der Waals surface area (Å²) in [6, 6.07) is 2.47. The molecule has 19 heavy (non-hydrogen) atoms. The Balaban J connectivity index is 3.11. The van der Waals surface area contributed by atoms with Gasteiger partial charge in [-0.25, -0.2) is 4.39 Å². The summed E-state index contributed by atoms with van der Waals surface area (Å²) in [5.74, 6) is -2.61. The maximum Gasteiger partial charge on any atom is 0.419 e. The van der Waals surface area contributed by atoms with E-state index in [9.17, 15) is 26.9 Å². The quantitative estimate of drug-likeness (QED) is 0.485. The molecule has 0 aliphatic rings. The highest BCUT2D eigenvalue weighted by Gasteiger charge is 2.38. The van der Waals surface area contributed by atoms with Crippen LogP contribution in [0.2, 0.25) is 0 Å². The molecule has 106 valence electrons. The molecule has 0 saturated heterocycles. The average Bonchev–Trinajstić information content (AvgIpc) is 2.22. The van der Waals surface area contributed by atoms with E-state index in [-0.39, 0.29) is 0 Å². The first-order valence-electron chi connectivity index (χ1n) is 5.11. The maximum absolute atomic E-state index is 13.2. The lowest BCUT2D eigenvalue weighted by Gasteiger charge is -2.13. The van der Waals surface area contributed by atoms with Crippen LogP contribution in [-0.4, -0.2) is 25.7 Å². The number of hydrogen-bond donors (Lipinski definition) is 0. The lowest BCUT2D eigenvalue weighted by atomic mass is 10.0. The SMILES string of the molecule is CP(C)(=O)OCC(=O)c1cccc(F)c1C(F)(F)F. The van der Waals surface area contributed by atoms with Crippen LogP contribution in [0.15, 0.2) is 18.2 Å². The van der Waals surface area contributed by atoms with Crippen LogP contribution in [0, 0.1) is 5.82 Å². The lowest BCUT2D eigenvalue weighted by molar-refractivity contribution is -0.140. The number of carbonyl (C=O) groups excluding carboxylic acids is 1. The summed E-state index contributed by atoms with van der Waals surface area (Å²) in [5.41, 5.74) is -2.47. The van der Waals surface area contributed by atoms with Crippen molar-refractivity contribution in [3.8, 4) is 0 Å². The molecule has 0 fully saturated rings. The zero-order valence-electron chi connectivity index (χ0n) is 10.1. The van der Waals surface area contributed by atoms with Crippen LogP contribution >= 0.6 is 7.37 Å². The van der Waals surface area contributed by atoms with Gasteiger partial charge in [0.15, 0.2) is 13.2 Å². The van der Waals surface area contributed by atoms with Crippen molar-refractivity contribution in [3.05, 3.63) is 35.1 Å². The van der Waals surface area contributed by atoms with E-state index in [1.807, 2.05) is 0 Å². The predicted molar refractivity (Wildman–Crippen MR) is 61.1 cm³/mol. The van der Waals surface area contributed by atoms with Gasteiger partial charge in [-0.15, -0.1) is 0 Å². The summed E-state index contributed by atoms with van der Waals surface area (Å²) in [5, 5.41) is 0. The monoisotopic (exact) mass is 298 g/mol. The number of alkyl halides is 3. The third-order valence-corrected chi connectivity index (χ3v) is 2.85. The van der Waals surface area contributed by atoms with Gasteiger partial charge in [-0.2, -0.15) is 13.2 Å². The fourth-order valence-electron chi connectivity index (χ4n) is 1.34. The van der Waals surface area contributed by atoms with E-state index in [2.05, 4.69) is 4.52 Å². The molecule has 3 nitrogen and oxygen atoms in total. The average molecular weight is 298 g/mol. The van der Waals surface area contributed by atoms with Crippen molar-refractivity contribution < 1.29 is 31.4 Å². The Morgan fingerprint density at radius 2 is 1.89 bits per heavy atom. The van der Waals surface area contributed by atoms with Crippen molar-refractivity contribution in [2.75, 3.05) is 19.9 Å². The fraction of sp³-hybridized carbons (Fsp3) is 0.364. The Labute approximate surface area is 107 Å². The van der Waals surface area contributed by atoms with Gasteiger partial charge in [0.05, 0.1) is 0 Å². The Morgan fingerprint density at radius 3 is 2.37 bits per heavy atom. The highest BCUT2D eigenvalue weighted by Crippen LogP contribution is 2.38. The number of Topliss-reactive ketones (excluding diaryl/α,β-unsaturated/α-hetero) is 1. The summed E-state index contributed by atoms with van der Waals surface area (Å²) >= 11 is 0. The molecule has 1 rings (SSSR count). The van der Waals surface area contributed by atoms with Gasteiger partial charge < -0.3 is 4.52 Å². The molecule has 0 aliphatic carbocycles. The highest BCUT2D eigenvalue weighted by molar-refractivity contribution is 7.57. The van der Waals surface area contributed by atoms with E-state index in [0.717, 1.165) is 12.1 Å². The zero-order valence-corrected chi connectivity index (χ0v) is 11.0. The molecule has 0 spiro atoms. The molecule has 0 heterocycles. The van der Waals surface area contributed by atoms with E-state index < -0.39 is 42.9 Å². The number of halogens is 4. The maximum atomic E-state index is 13.2. The van der Waals surface area contributed by atoms with E-state index in [4.69, 9.17) is 0 Å². The van der Waals surface area contributed by atoms with Gasteiger partial charge in [0, 0.05) is 18.9 Å². The van der Waals surface area contributed by atoms with E-state index >= 15 is 0 Å². The van der Waals surface area contributed by atoms with Crippen molar-refractivity contribution in [3.63, 3.8) is 0 Å². The zero-order chi connectivity index (χ0) is 14.8. The van der Waals surface area contributed by atoms with Crippen LogP contribution in [0.4, 0.5) is 17.6 Å². The molecular weight excluding hydrogens is 287 g/mol. The third-order valence-electron chi connectivity index (χ3n) is 2.10. The Hall–Kier alpha value is -1.20. The molecule has 0 atom stereocenters. The molecule has 0 aromatic heterocycles. The number of benzene rings is 1. The van der Waals surface area contributed by atoms with Gasteiger partial charge in [-0.05, 0) is 6.07 Å². The lowest BCUT2D eigenvalue weighted by Crippen LogP contribution is -2.18. The van der Waals surface area contributed by atoms with Crippen molar-refractivity contribution in [1.29, 1.82) is 0 Å². The second kappa shape index (κ2) is 5.43. The van der Waals surface area contributed by atoms with Crippen molar-refractivity contribution >= 4 is 13.2 Å². The van der Waals surface area contributed by atoms with Crippen LogP contribution in [0.3, 0.4) is 0 Å². The van der Waals surface area contributed by atoms with Crippen molar-refractivity contribution in [2.24, 2.45) is 0 Å². The summed E-state index contributed by atoms with van der Waals surface area (Å²) in [7, 11) is -3.00. The molecule has 1 aromatic carbocycles. The molecular formula is C11H11F4O3P. The molecule has 0 unspecified atom stereocenters. The highest BCUT2D eigenvalue weighted by atomic mass is 31.2. The van der Waals surface area contributed by atoms with Crippen LogP contribution in [-0.2, 0) is 15.3 Å². The van der Waals surface area contributed by atoms with Gasteiger partial charge in [-0.3, -0.25) is 9.36 Å². The first kappa shape index (κ1) is 15.9. The summed E-state index contributed by atoms with van der Waals surface area (Å²) in [4.78, 5) is 11.6. The van der Waals surface area contributed by atoms with Gasteiger partial charge in [0.25, 0.3) is 0 Å². The second-order valence-electron chi connectivity index (χ2n) is 4.11. The minimum Gasteiger partial charge on any atom is -0.320 e. The van der Waals surface area contributed by atoms with E-state index in [1.165, 1.54) is 13.3 Å². The van der Waals surface area contributed by atoms with Crippen molar-refractivity contribution in [1.82, 2.24) is 0 Å². The number of carbonyl (C=O) groups is 1. The number of ketones is 1. The van der Waals surface area contributed by atoms with Gasteiger partial charge in [0.1, 0.15) is 18.0 Å². The largest absolute Gasteiger partial charge is 0.419 e. The first-order chi connectivity index (χ1) is 8.52. The van der Waals surface area contributed by atoms with Gasteiger partial charge in [-0.1, -0.05) is 12.1 Å². The minimum atomic E-state index is -4.99. The predicted octanol–water partition coefficient (Wildman–Crippen LogP) is 3.58. The van der Waals surface area contributed by atoms with E-state index in [1.54, 1.807) is 0 Å². The standard InChI is InChI=1S/C11H11F4O3P/c1-19(2,17)18-6-9(16)7-4-3-5-8(12)10(7)11(13,14)15/h3-5H,6H2,1-2H3. The topological polar surface area (TPSA) is 43.4 Å². The minimum absolute atomic E-state index is 0.616. The third kappa shape index (κ3) is 4.44. The number of rotatable bonds is 4. The molecule has 0 aliphatic heterocycles. The molecule has 0 bridgehead atoms.